The number of fused-ring (bicyclic) bond motifs is 1. The molecule has 0 bridgehead atoms. The SMILES string of the molecule is O=C(NCCCCl)c1cnn2ccccc12. The number of nitrogens with zero attached hydrogens (tertiary/aromatic N) is 2. The van der Waals surface area contributed by atoms with Gasteiger partial charge in [-0.2, -0.15) is 5.10 Å². The first kappa shape index (κ1) is 11.0. The summed E-state index contributed by atoms with van der Waals surface area (Å²) < 4.78 is 1.68. The Morgan fingerprint density at radius 2 is 2.38 bits per heavy atom. The molecule has 1 N–H and O–H groups in total. The molecular weight excluding hydrogens is 226 g/mol. The molecule has 16 heavy (non-hydrogen) atoms. The third-order valence-corrected chi connectivity index (χ3v) is 2.53. The monoisotopic (exact) mass is 237 g/mol. The molecule has 84 valence electrons. The number of halogens is 1. The van der Waals surface area contributed by atoms with Gasteiger partial charge in [-0.15, -0.1) is 11.6 Å². The minimum Gasteiger partial charge on any atom is -0.352 e. The van der Waals surface area contributed by atoms with Gasteiger partial charge in [0.25, 0.3) is 5.91 Å². The lowest BCUT2D eigenvalue weighted by Crippen LogP contribution is -2.24. The molecule has 0 spiro atoms. The Labute approximate surface area is 98.2 Å². The average Bonchev–Trinajstić information content (AvgIpc) is 2.73. The first-order valence-corrected chi connectivity index (χ1v) is 5.63. The molecule has 0 atom stereocenters. The highest BCUT2D eigenvalue weighted by Gasteiger charge is 2.10. The Hall–Kier alpha value is -1.55. The third-order valence-electron chi connectivity index (χ3n) is 2.27. The zero-order chi connectivity index (χ0) is 11.4. The van der Waals surface area contributed by atoms with E-state index >= 15 is 0 Å². The van der Waals surface area contributed by atoms with Crippen molar-refractivity contribution in [3.63, 3.8) is 0 Å². The Kier molecular flexibility index (Phi) is 3.41. The van der Waals surface area contributed by atoms with Gasteiger partial charge < -0.3 is 5.32 Å². The number of carbonyl (C=O) groups excluding carboxylic acids is 1. The molecule has 0 saturated heterocycles. The number of carbonyl (C=O) groups is 1. The van der Waals surface area contributed by atoms with E-state index in [-0.39, 0.29) is 5.91 Å². The predicted octanol–water partition coefficient (Wildman–Crippen LogP) is 1.69. The summed E-state index contributed by atoms with van der Waals surface area (Å²) in [4.78, 5) is 11.8. The highest BCUT2D eigenvalue weighted by Crippen LogP contribution is 2.09. The Morgan fingerprint density at radius 1 is 1.50 bits per heavy atom. The van der Waals surface area contributed by atoms with Crippen molar-refractivity contribution in [1.82, 2.24) is 14.9 Å². The molecule has 0 unspecified atom stereocenters. The second kappa shape index (κ2) is 4.99. The zero-order valence-corrected chi connectivity index (χ0v) is 9.44. The van der Waals surface area contributed by atoms with Crippen LogP contribution in [0, 0.1) is 0 Å². The van der Waals surface area contributed by atoms with Gasteiger partial charge in [-0.1, -0.05) is 6.07 Å². The number of aromatic nitrogens is 2. The van der Waals surface area contributed by atoms with Crippen molar-refractivity contribution >= 4 is 23.0 Å². The van der Waals surface area contributed by atoms with Crippen LogP contribution in [0.2, 0.25) is 0 Å². The number of pyridine rings is 1. The summed E-state index contributed by atoms with van der Waals surface area (Å²) in [6.07, 6.45) is 4.16. The minimum atomic E-state index is -0.105. The molecule has 5 heteroatoms. The maximum Gasteiger partial charge on any atom is 0.255 e. The molecule has 2 aromatic heterocycles. The van der Waals surface area contributed by atoms with Gasteiger partial charge in [0.1, 0.15) is 0 Å². The number of rotatable bonds is 4. The lowest BCUT2D eigenvalue weighted by molar-refractivity contribution is 0.0955. The summed E-state index contributed by atoms with van der Waals surface area (Å²) in [5, 5.41) is 6.90. The first-order chi connectivity index (χ1) is 7.83. The van der Waals surface area contributed by atoms with Crippen LogP contribution in [-0.4, -0.2) is 27.9 Å². The Bertz CT molecular complexity index is 495. The molecule has 0 aliphatic heterocycles. The molecular formula is C11H12ClN3O. The molecule has 0 saturated carbocycles. The highest BCUT2D eigenvalue weighted by atomic mass is 35.5. The summed E-state index contributed by atoms with van der Waals surface area (Å²) in [5.74, 6) is 0.445. The third kappa shape index (κ3) is 2.17. The smallest absolute Gasteiger partial charge is 0.255 e. The molecule has 0 aromatic carbocycles. The van der Waals surface area contributed by atoms with Crippen molar-refractivity contribution in [2.75, 3.05) is 12.4 Å². The van der Waals surface area contributed by atoms with Gasteiger partial charge in [0.15, 0.2) is 0 Å². The van der Waals surface area contributed by atoms with Crippen molar-refractivity contribution in [1.29, 1.82) is 0 Å². The van der Waals surface area contributed by atoms with Crippen LogP contribution in [-0.2, 0) is 0 Å². The van der Waals surface area contributed by atoms with Gasteiger partial charge in [-0.25, -0.2) is 4.52 Å². The summed E-state index contributed by atoms with van der Waals surface area (Å²) in [5.41, 5.74) is 1.40. The van der Waals surface area contributed by atoms with E-state index in [2.05, 4.69) is 10.4 Å². The molecule has 0 fully saturated rings. The zero-order valence-electron chi connectivity index (χ0n) is 8.69. The van der Waals surface area contributed by atoms with Crippen molar-refractivity contribution in [2.24, 2.45) is 0 Å². The normalized spacial score (nSPS) is 10.6. The largest absolute Gasteiger partial charge is 0.352 e. The molecule has 0 aliphatic carbocycles. The van der Waals surface area contributed by atoms with Crippen LogP contribution in [0.3, 0.4) is 0 Å². The number of nitrogens with one attached hydrogen (secondary N) is 1. The Balaban J connectivity index is 2.17. The number of hydrogen-bond donors (Lipinski definition) is 1. The maximum atomic E-state index is 11.8. The van der Waals surface area contributed by atoms with Crippen LogP contribution in [0.15, 0.2) is 30.6 Å². The predicted molar refractivity (Wildman–Crippen MR) is 62.9 cm³/mol. The molecule has 0 aliphatic rings. The van der Waals surface area contributed by atoms with Crippen molar-refractivity contribution in [3.8, 4) is 0 Å². The number of amides is 1. The van der Waals surface area contributed by atoms with E-state index in [4.69, 9.17) is 11.6 Å². The molecule has 1 amide bonds. The van der Waals surface area contributed by atoms with Crippen LogP contribution in [0.5, 0.6) is 0 Å². The quantitative estimate of drug-likeness (QED) is 0.650. The van der Waals surface area contributed by atoms with Crippen LogP contribution in [0.1, 0.15) is 16.8 Å². The summed E-state index contributed by atoms with van der Waals surface area (Å²) in [6.45, 7) is 0.590. The molecule has 4 nitrogen and oxygen atoms in total. The van der Waals surface area contributed by atoms with Gasteiger partial charge in [0, 0.05) is 18.6 Å². The van der Waals surface area contributed by atoms with Crippen molar-refractivity contribution in [3.05, 3.63) is 36.2 Å². The second-order valence-corrected chi connectivity index (χ2v) is 3.77. The van der Waals surface area contributed by atoms with Gasteiger partial charge in [-0.05, 0) is 18.6 Å². The van der Waals surface area contributed by atoms with Crippen LogP contribution >= 0.6 is 11.6 Å². The van der Waals surface area contributed by atoms with Crippen LogP contribution < -0.4 is 5.32 Å². The standard InChI is InChI=1S/C11H12ClN3O/c12-5-3-6-13-11(16)9-8-14-15-7-2-1-4-10(9)15/h1-2,4,7-8H,3,5-6H2,(H,13,16). The molecule has 2 rings (SSSR count). The summed E-state index contributed by atoms with van der Waals surface area (Å²) in [6, 6.07) is 5.62. The van der Waals surface area contributed by atoms with Crippen LogP contribution in [0.4, 0.5) is 0 Å². The van der Waals surface area contributed by atoms with Gasteiger partial charge in [0.05, 0.1) is 17.3 Å². The fraction of sp³-hybridized carbons (Fsp3) is 0.273. The van der Waals surface area contributed by atoms with E-state index in [1.807, 2.05) is 24.4 Å². The van der Waals surface area contributed by atoms with Gasteiger partial charge >= 0.3 is 0 Å². The van der Waals surface area contributed by atoms with E-state index in [0.29, 0.717) is 18.0 Å². The van der Waals surface area contributed by atoms with Gasteiger partial charge in [0.2, 0.25) is 0 Å². The highest BCUT2D eigenvalue weighted by molar-refractivity contribution is 6.17. The minimum absolute atomic E-state index is 0.105. The van der Waals surface area contributed by atoms with Gasteiger partial charge in [-0.3, -0.25) is 4.79 Å². The lowest BCUT2D eigenvalue weighted by atomic mass is 10.2. The number of hydrogen-bond acceptors (Lipinski definition) is 2. The van der Waals surface area contributed by atoms with E-state index in [1.165, 1.54) is 0 Å². The summed E-state index contributed by atoms with van der Waals surface area (Å²) >= 11 is 5.54. The Morgan fingerprint density at radius 3 is 3.19 bits per heavy atom. The van der Waals surface area contributed by atoms with Crippen LogP contribution in [0.25, 0.3) is 5.52 Å². The maximum absolute atomic E-state index is 11.8. The van der Waals surface area contributed by atoms with E-state index < -0.39 is 0 Å². The molecule has 2 aromatic rings. The topological polar surface area (TPSA) is 46.4 Å². The summed E-state index contributed by atoms with van der Waals surface area (Å²) in [7, 11) is 0. The molecule has 0 radical (unpaired) electrons. The lowest BCUT2D eigenvalue weighted by Gasteiger charge is -2.01. The van der Waals surface area contributed by atoms with Crippen molar-refractivity contribution in [2.45, 2.75) is 6.42 Å². The van der Waals surface area contributed by atoms with Crippen molar-refractivity contribution < 1.29 is 4.79 Å². The molecule has 2 heterocycles. The average molecular weight is 238 g/mol. The van der Waals surface area contributed by atoms with E-state index in [0.717, 1.165) is 11.9 Å². The first-order valence-electron chi connectivity index (χ1n) is 5.09. The number of alkyl halides is 1. The van der Waals surface area contributed by atoms with E-state index in [9.17, 15) is 4.79 Å². The second-order valence-electron chi connectivity index (χ2n) is 3.39. The van der Waals surface area contributed by atoms with E-state index in [1.54, 1.807) is 10.7 Å². The fourth-order valence-corrected chi connectivity index (χ4v) is 1.61. The fourth-order valence-electron chi connectivity index (χ4n) is 1.47.